The number of aromatic nitrogens is 1. The SMILES string of the molecule is CN=C(NCc1cccc2cccnc12)NC1CN(C(=O)OC(C)(C)C)C1.I. The number of rotatable bonds is 3. The van der Waals surface area contributed by atoms with Gasteiger partial charge in [-0.05, 0) is 32.4 Å². The Morgan fingerprint density at radius 2 is 2.00 bits per heavy atom. The van der Waals surface area contributed by atoms with Crippen LogP contribution in [0.25, 0.3) is 10.9 Å². The summed E-state index contributed by atoms with van der Waals surface area (Å²) >= 11 is 0. The van der Waals surface area contributed by atoms with E-state index in [4.69, 9.17) is 4.74 Å². The highest BCUT2D eigenvalue weighted by atomic mass is 127. The number of guanidine groups is 1. The third-order valence-electron chi connectivity index (χ3n) is 4.26. The molecule has 0 radical (unpaired) electrons. The molecule has 1 amide bonds. The van der Waals surface area contributed by atoms with Gasteiger partial charge in [-0.1, -0.05) is 24.3 Å². The first-order valence-electron chi connectivity index (χ1n) is 9.13. The minimum absolute atomic E-state index is 0. The van der Waals surface area contributed by atoms with Crippen LogP contribution in [0.1, 0.15) is 26.3 Å². The fourth-order valence-electron chi connectivity index (χ4n) is 2.92. The number of hydrogen-bond acceptors (Lipinski definition) is 4. The predicted octanol–water partition coefficient (Wildman–Crippen LogP) is 3.14. The van der Waals surface area contributed by atoms with Crippen molar-refractivity contribution in [2.75, 3.05) is 20.1 Å². The molecule has 0 saturated carbocycles. The van der Waals surface area contributed by atoms with Crippen molar-refractivity contribution in [3.63, 3.8) is 0 Å². The molecule has 1 aliphatic heterocycles. The van der Waals surface area contributed by atoms with Gasteiger partial charge in [-0.25, -0.2) is 4.79 Å². The van der Waals surface area contributed by atoms with Gasteiger partial charge in [-0.2, -0.15) is 0 Å². The molecule has 152 valence electrons. The van der Waals surface area contributed by atoms with E-state index < -0.39 is 5.60 Å². The van der Waals surface area contributed by atoms with E-state index in [0.29, 0.717) is 25.6 Å². The second-order valence-corrected chi connectivity index (χ2v) is 7.64. The molecule has 28 heavy (non-hydrogen) atoms. The molecule has 3 rings (SSSR count). The average Bonchev–Trinajstić information content (AvgIpc) is 2.58. The molecule has 2 aromatic rings. The lowest BCUT2D eigenvalue weighted by atomic mass is 10.1. The van der Waals surface area contributed by atoms with Crippen molar-refractivity contribution in [2.24, 2.45) is 4.99 Å². The third kappa shape index (κ3) is 5.70. The zero-order valence-electron chi connectivity index (χ0n) is 16.7. The summed E-state index contributed by atoms with van der Waals surface area (Å²) in [5.41, 5.74) is 1.63. The molecule has 7 nitrogen and oxygen atoms in total. The fourth-order valence-corrected chi connectivity index (χ4v) is 2.92. The van der Waals surface area contributed by atoms with Crippen molar-refractivity contribution in [1.82, 2.24) is 20.5 Å². The summed E-state index contributed by atoms with van der Waals surface area (Å²) in [7, 11) is 1.74. The second-order valence-electron chi connectivity index (χ2n) is 7.64. The summed E-state index contributed by atoms with van der Waals surface area (Å²) in [5.74, 6) is 0.705. The van der Waals surface area contributed by atoms with Gasteiger partial charge in [0, 0.05) is 38.3 Å². The zero-order chi connectivity index (χ0) is 19.4. The maximum Gasteiger partial charge on any atom is 0.410 e. The lowest BCUT2D eigenvalue weighted by Crippen LogP contribution is -2.63. The molecule has 1 aliphatic rings. The Hall–Kier alpha value is -2.10. The highest BCUT2D eigenvalue weighted by Crippen LogP contribution is 2.16. The topological polar surface area (TPSA) is 78.9 Å². The smallest absolute Gasteiger partial charge is 0.410 e. The van der Waals surface area contributed by atoms with Crippen LogP contribution < -0.4 is 10.6 Å². The maximum atomic E-state index is 12.0. The normalized spacial score (nSPS) is 14.9. The molecule has 2 heterocycles. The number of carbonyl (C=O) groups is 1. The molecule has 1 aromatic carbocycles. The van der Waals surface area contributed by atoms with Crippen LogP contribution in [-0.4, -0.2) is 53.7 Å². The predicted molar refractivity (Wildman–Crippen MR) is 122 cm³/mol. The summed E-state index contributed by atoms with van der Waals surface area (Å²) in [6.45, 7) is 7.43. The standard InChI is InChI=1S/C20H27N5O2.HI/c1-20(2,3)27-19(26)25-12-16(13-25)24-18(21-4)23-11-15-8-5-7-14-9-6-10-22-17(14)15;/h5-10,16H,11-13H2,1-4H3,(H2,21,23,24);1H. The van der Waals surface area contributed by atoms with Gasteiger partial charge in [-0.15, -0.1) is 24.0 Å². The Kier molecular flexibility index (Phi) is 7.45. The molecule has 2 N–H and O–H groups in total. The number of amides is 1. The van der Waals surface area contributed by atoms with Crippen molar-refractivity contribution in [3.8, 4) is 0 Å². The van der Waals surface area contributed by atoms with Gasteiger partial charge in [0.2, 0.25) is 0 Å². The Bertz CT molecular complexity index is 839. The van der Waals surface area contributed by atoms with E-state index >= 15 is 0 Å². The van der Waals surface area contributed by atoms with Crippen LogP contribution in [0, 0.1) is 0 Å². The molecule has 1 saturated heterocycles. The largest absolute Gasteiger partial charge is 0.444 e. The third-order valence-corrected chi connectivity index (χ3v) is 4.26. The van der Waals surface area contributed by atoms with Gasteiger partial charge in [0.05, 0.1) is 11.6 Å². The second kappa shape index (κ2) is 9.40. The number of pyridine rings is 1. The van der Waals surface area contributed by atoms with Crippen LogP contribution in [0.4, 0.5) is 4.79 Å². The summed E-state index contributed by atoms with van der Waals surface area (Å²) < 4.78 is 5.37. The highest BCUT2D eigenvalue weighted by Gasteiger charge is 2.34. The molecule has 1 fully saturated rings. The van der Waals surface area contributed by atoms with Crippen LogP contribution in [-0.2, 0) is 11.3 Å². The van der Waals surface area contributed by atoms with E-state index in [0.717, 1.165) is 16.5 Å². The van der Waals surface area contributed by atoms with Gasteiger partial charge >= 0.3 is 6.09 Å². The van der Waals surface area contributed by atoms with Crippen molar-refractivity contribution in [2.45, 2.75) is 39.0 Å². The number of nitrogens with zero attached hydrogens (tertiary/aromatic N) is 3. The zero-order valence-corrected chi connectivity index (χ0v) is 19.1. The molecular formula is C20H28IN5O2. The Balaban J connectivity index is 0.00000280. The summed E-state index contributed by atoms with van der Waals surface area (Å²) in [4.78, 5) is 22.4. The summed E-state index contributed by atoms with van der Waals surface area (Å²) in [5, 5.41) is 7.78. The molecule has 0 spiro atoms. The number of aliphatic imine (C=N–C) groups is 1. The van der Waals surface area contributed by atoms with Crippen molar-refractivity contribution in [3.05, 3.63) is 42.1 Å². The van der Waals surface area contributed by atoms with Crippen LogP contribution in [0.3, 0.4) is 0 Å². The maximum absolute atomic E-state index is 12.0. The number of likely N-dealkylation sites (tertiary alicyclic amines) is 1. The van der Waals surface area contributed by atoms with Crippen LogP contribution in [0.15, 0.2) is 41.5 Å². The minimum atomic E-state index is -0.473. The number of para-hydroxylation sites is 1. The van der Waals surface area contributed by atoms with E-state index in [2.05, 4.69) is 38.8 Å². The number of fused-ring (bicyclic) bond motifs is 1. The lowest BCUT2D eigenvalue weighted by Gasteiger charge is -2.40. The minimum Gasteiger partial charge on any atom is -0.444 e. The first-order chi connectivity index (χ1) is 12.9. The van der Waals surface area contributed by atoms with Gasteiger partial charge in [0.15, 0.2) is 5.96 Å². The molecule has 0 bridgehead atoms. The monoisotopic (exact) mass is 497 g/mol. The number of hydrogen-bond donors (Lipinski definition) is 2. The molecule has 8 heteroatoms. The molecule has 0 atom stereocenters. The van der Waals surface area contributed by atoms with Gasteiger partial charge in [0.1, 0.15) is 5.60 Å². The summed E-state index contributed by atoms with van der Waals surface area (Å²) in [6, 6.07) is 10.3. The van der Waals surface area contributed by atoms with Crippen molar-refractivity contribution < 1.29 is 9.53 Å². The Labute approximate surface area is 183 Å². The lowest BCUT2D eigenvalue weighted by molar-refractivity contribution is 0.00701. The highest BCUT2D eigenvalue weighted by molar-refractivity contribution is 14.0. The number of benzene rings is 1. The molecular weight excluding hydrogens is 469 g/mol. The molecule has 0 unspecified atom stereocenters. The fraction of sp³-hybridized carbons (Fsp3) is 0.450. The van der Waals surface area contributed by atoms with E-state index in [1.807, 2.05) is 32.9 Å². The van der Waals surface area contributed by atoms with E-state index in [1.54, 1.807) is 18.1 Å². The van der Waals surface area contributed by atoms with Gasteiger partial charge < -0.3 is 20.3 Å². The van der Waals surface area contributed by atoms with Crippen LogP contribution >= 0.6 is 24.0 Å². The van der Waals surface area contributed by atoms with Crippen molar-refractivity contribution >= 4 is 46.9 Å². The molecule has 1 aromatic heterocycles. The van der Waals surface area contributed by atoms with Crippen molar-refractivity contribution in [1.29, 1.82) is 0 Å². The molecule has 0 aliphatic carbocycles. The van der Waals surface area contributed by atoms with Gasteiger partial charge in [-0.3, -0.25) is 9.98 Å². The van der Waals surface area contributed by atoms with Crippen LogP contribution in [0.5, 0.6) is 0 Å². The van der Waals surface area contributed by atoms with E-state index in [-0.39, 0.29) is 36.1 Å². The Morgan fingerprint density at radius 1 is 1.29 bits per heavy atom. The van der Waals surface area contributed by atoms with E-state index in [9.17, 15) is 4.79 Å². The first-order valence-corrected chi connectivity index (χ1v) is 9.13. The van der Waals surface area contributed by atoms with Crippen LogP contribution in [0.2, 0.25) is 0 Å². The first kappa shape index (κ1) is 22.2. The quantitative estimate of drug-likeness (QED) is 0.387. The average molecular weight is 497 g/mol. The number of nitrogens with one attached hydrogen (secondary N) is 2. The number of carbonyl (C=O) groups excluding carboxylic acids is 1. The number of ether oxygens (including phenoxy) is 1. The summed E-state index contributed by atoms with van der Waals surface area (Å²) in [6.07, 6.45) is 1.53. The number of halogens is 1. The Morgan fingerprint density at radius 3 is 2.68 bits per heavy atom. The van der Waals surface area contributed by atoms with Gasteiger partial charge in [0.25, 0.3) is 0 Å². The van der Waals surface area contributed by atoms with E-state index in [1.165, 1.54) is 0 Å².